The zero-order valence-electron chi connectivity index (χ0n) is 29.4. The number of aryl methyl sites for hydroxylation is 2. The van der Waals surface area contributed by atoms with Gasteiger partial charge in [0.2, 0.25) is 5.91 Å². The number of pyridine rings is 1. The zero-order valence-corrected chi connectivity index (χ0v) is 29.4. The Morgan fingerprint density at radius 2 is 1.71 bits per heavy atom. The highest BCUT2D eigenvalue weighted by Crippen LogP contribution is 2.34. The van der Waals surface area contributed by atoms with Crippen molar-refractivity contribution in [1.82, 2.24) is 20.9 Å². The summed E-state index contributed by atoms with van der Waals surface area (Å²) in [5.41, 5.74) is 4.61. The first-order chi connectivity index (χ1) is 22.6. The van der Waals surface area contributed by atoms with Gasteiger partial charge in [-0.1, -0.05) is 40.2 Å². The van der Waals surface area contributed by atoms with Gasteiger partial charge in [0, 0.05) is 23.6 Å². The summed E-state index contributed by atoms with van der Waals surface area (Å²) < 4.78 is 47.8. The van der Waals surface area contributed by atoms with Crippen LogP contribution >= 0.6 is 0 Å². The molecule has 2 aromatic carbocycles. The molecule has 48 heavy (non-hydrogen) atoms. The van der Waals surface area contributed by atoms with E-state index < -0.39 is 35.4 Å². The van der Waals surface area contributed by atoms with E-state index in [1.807, 2.05) is 6.07 Å². The summed E-state index contributed by atoms with van der Waals surface area (Å²) in [6.45, 7) is 16.6. The Balaban J connectivity index is 0.000000368. The molecule has 1 amide bonds. The number of nitrogens with one attached hydrogen (secondary N) is 3. The Kier molecular flexibility index (Phi) is 15.4. The van der Waals surface area contributed by atoms with Gasteiger partial charge in [-0.05, 0) is 92.9 Å². The Bertz CT molecular complexity index is 1540. The largest absolute Gasteiger partial charge is 0.466 e. The topological polar surface area (TPSA) is 109 Å². The molecule has 0 saturated carbocycles. The van der Waals surface area contributed by atoms with Gasteiger partial charge in [-0.15, -0.1) is 0 Å². The molecule has 0 aliphatic carbocycles. The molecule has 1 aliphatic rings. The summed E-state index contributed by atoms with van der Waals surface area (Å²) >= 11 is 0. The van der Waals surface area contributed by atoms with Crippen molar-refractivity contribution in [3.63, 3.8) is 0 Å². The highest BCUT2D eigenvalue weighted by atomic mass is 19.2. The molecule has 2 unspecified atom stereocenters. The smallest absolute Gasteiger partial charge is 0.308 e. The van der Waals surface area contributed by atoms with Crippen LogP contribution in [0.2, 0.25) is 0 Å². The van der Waals surface area contributed by atoms with Crippen LogP contribution in [-0.2, 0) is 26.3 Å². The van der Waals surface area contributed by atoms with Crippen LogP contribution in [0, 0.1) is 31.3 Å². The maximum absolute atomic E-state index is 14.7. The van der Waals surface area contributed by atoms with Crippen LogP contribution in [0.15, 0.2) is 36.4 Å². The summed E-state index contributed by atoms with van der Waals surface area (Å²) in [5.74, 6) is -3.90. The highest BCUT2D eigenvalue weighted by molar-refractivity contribution is 5.80. The normalized spacial score (nSPS) is 15.0. The van der Waals surface area contributed by atoms with Crippen molar-refractivity contribution >= 4 is 18.2 Å². The average Bonchev–Trinajstić information content (AvgIpc) is 3.01. The fourth-order valence-corrected chi connectivity index (χ4v) is 5.45. The van der Waals surface area contributed by atoms with Gasteiger partial charge in [0.25, 0.3) is 0 Å². The fraction of sp³-hybridized carbons (Fsp3) is 0.459. The van der Waals surface area contributed by atoms with Crippen molar-refractivity contribution in [1.29, 1.82) is 0 Å². The van der Waals surface area contributed by atoms with Crippen LogP contribution in [0.5, 0.6) is 0 Å². The van der Waals surface area contributed by atoms with E-state index in [0.29, 0.717) is 34.0 Å². The number of carbonyl (C=O) groups is 3. The van der Waals surface area contributed by atoms with Gasteiger partial charge in [0.05, 0.1) is 31.3 Å². The number of hydrogen-bond acceptors (Lipinski definition) is 7. The van der Waals surface area contributed by atoms with Gasteiger partial charge in [-0.2, -0.15) is 0 Å². The van der Waals surface area contributed by atoms with Gasteiger partial charge >= 0.3 is 5.97 Å². The average molecular weight is 671 g/mol. The van der Waals surface area contributed by atoms with E-state index in [1.54, 1.807) is 33.9 Å². The molecule has 3 aromatic rings. The minimum Gasteiger partial charge on any atom is -0.466 e. The zero-order chi connectivity index (χ0) is 36.2. The minimum absolute atomic E-state index is 0.0701. The Labute approximate surface area is 282 Å². The number of aldehydes is 1. The van der Waals surface area contributed by atoms with E-state index >= 15 is 0 Å². The molecule has 262 valence electrons. The number of esters is 1. The van der Waals surface area contributed by atoms with Gasteiger partial charge in [-0.25, -0.2) is 18.2 Å². The molecular formula is C37H49F3N4O4. The van der Waals surface area contributed by atoms with Crippen molar-refractivity contribution in [3.05, 3.63) is 87.5 Å². The number of amides is 1. The number of benzene rings is 2. The van der Waals surface area contributed by atoms with E-state index in [0.717, 1.165) is 24.6 Å². The number of ether oxygens (including phenoxy) is 1. The van der Waals surface area contributed by atoms with Crippen molar-refractivity contribution in [2.24, 2.45) is 0 Å². The van der Waals surface area contributed by atoms with Crippen molar-refractivity contribution in [2.75, 3.05) is 20.2 Å². The molecule has 0 radical (unpaired) electrons. The molecule has 0 bridgehead atoms. The van der Waals surface area contributed by atoms with E-state index in [4.69, 9.17) is 4.74 Å². The molecule has 3 N–H and O–H groups in total. The number of fused-ring (bicyclic) bond motifs is 1. The van der Waals surface area contributed by atoms with Crippen LogP contribution in [0.1, 0.15) is 98.9 Å². The quantitative estimate of drug-likeness (QED) is 0.170. The van der Waals surface area contributed by atoms with Gasteiger partial charge in [0.15, 0.2) is 17.9 Å². The Hall–Kier alpha value is -4.09. The minimum atomic E-state index is -1.17. The molecule has 2 atom stereocenters. The second kappa shape index (κ2) is 18.5. The lowest BCUT2D eigenvalue weighted by atomic mass is 9.75. The second-order valence-corrected chi connectivity index (χ2v) is 12.3. The third-order valence-corrected chi connectivity index (χ3v) is 8.04. The third-order valence-electron chi connectivity index (χ3n) is 8.04. The lowest BCUT2D eigenvalue weighted by Gasteiger charge is -2.38. The summed E-state index contributed by atoms with van der Waals surface area (Å²) in [4.78, 5) is 39.1. The monoisotopic (exact) mass is 670 g/mol. The molecule has 1 aromatic heterocycles. The molecule has 0 saturated heterocycles. The summed E-state index contributed by atoms with van der Waals surface area (Å²) in [6.07, 6.45) is 1.68. The van der Waals surface area contributed by atoms with Crippen LogP contribution in [0.4, 0.5) is 13.2 Å². The first-order valence-electron chi connectivity index (χ1n) is 16.2. The third kappa shape index (κ3) is 10.5. The number of rotatable bonds is 9. The van der Waals surface area contributed by atoms with E-state index in [1.165, 1.54) is 30.2 Å². The number of likely N-dealkylation sites (N-methyl/N-ethyl adjacent to an activating group) is 1. The molecular weight excluding hydrogens is 621 g/mol. The summed E-state index contributed by atoms with van der Waals surface area (Å²) in [5, 5.41) is 8.60. The Morgan fingerprint density at radius 1 is 1.08 bits per heavy atom. The molecule has 0 spiro atoms. The van der Waals surface area contributed by atoms with Gasteiger partial charge in [-0.3, -0.25) is 14.4 Å². The standard InChI is InChI=1S/C22H25F3N2O3.C12H16N2O.C3H8/c1-5-30-20(29)10-18(27-19(28)11-26-4)16-8-14(9-17(24)22(16)25)21-12(2)6-15(23)7-13(21)3;1-8-12(2,3)10-5-4-9(7-15)14-11(10)6-13-8;1-3-2/h6-9,18,26H,5,10-11H2,1-4H3,(H,27,28);4-5,7-8,13H,6H2,1-3H3;3H2,1-2H3. The predicted octanol–water partition coefficient (Wildman–Crippen LogP) is 6.80. The number of nitrogens with zero attached hydrogens (tertiary/aromatic N) is 1. The second-order valence-electron chi connectivity index (χ2n) is 12.3. The molecule has 1 aliphatic heterocycles. The first-order valence-corrected chi connectivity index (χ1v) is 16.2. The van der Waals surface area contributed by atoms with Crippen LogP contribution in [0.3, 0.4) is 0 Å². The molecule has 11 heteroatoms. The number of aromatic nitrogens is 1. The van der Waals surface area contributed by atoms with Crippen molar-refractivity contribution in [2.45, 2.75) is 92.3 Å². The van der Waals surface area contributed by atoms with Gasteiger partial charge < -0.3 is 20.7 Å². The van der Waals surface area contributed by atoms with Crippen LogP contribution < -0.4 is 16.0 Å². The summed E-state index contributed by atoms with van der Waals surface area (Å²) in [7, 11) is 1.56. The highest BCUT2D eigenvalue weighted by Gasteiger charge is 2.34. The molecule has 2 heterocycles. The fourth-order valence-electron chi connectivity index (χ4n) is 5.45. The number of carbonyl (C=O) groups excluding carboxylic acids is 3. The molecule has 8 nitrogen and oxygen atoms in total. The van der Waals surface area contributed by atoms with E-state index in [-0.39, 0.29) is 30.6 Å². The SMILES string of the molecule is CC1NCc2nc(C=O)ccc2C1(C)C.CCC.CCOC(=O)CC(NC(=O)CNC)c1cc(-c2c(C)cc(F)cc2C)cc(F)c1F. The number of hydrogen-bond donors (Lipinski definition) is 3. The van der Waals surface area contributed by atoms with Crippen LogP contribution in [0.25, 0.3) is 11.1 Å². The maximum Gasteiger partial charge on any atom is 0.308 e. The molecule has 4 rings (SSSR count). The van der Waals surface area contributed by atoms with Crippen molar-refractivity contribution < 1.29 is 32.3 Å². The maximum atomic E-state index is 14.7. The van der Waals surface area contributed by atoms with Crippen LogP contribution in [-0.4, -0.2) is 49.4 Å². The first kappa shape index (κ1) is 40.1. The van der Waals surface area contributed by atoms with Gasteiger partial charge in [0.1, 0.15) is 11.5 Å². The van der Waals surface area contributed by atoms with E-state index in [2.05, 4.69) is 55.6 Å². The number of halogens is 3. The van der Waals surface area contributed by atoms with Crippen molar-refractivity contribution in [3.8, 4) is 11.1 Å². The predicted molar refractivity (Wildman–Crippen MR) is 182 cm³/mol. The van der Waals surface area contributed by atoms with E-state index in [9.17, 15) is 27.6 Å². The lowest BCUT2D eigenvalue weighted by molar-refractivity contribution is -0.143. The summed E-state index contributed by atoms with van der Waals surface area (Å²) in [6, 6.07) is 8.10. The Morgan fingerprint density at radius 3 is 2.27 bits per heavy atom. The molecule has 0 fully saturated rings. The lowest BCUT2D eigenvalue weighted by Crippen LogP contribution is -2.47.